The van der Waals surface area contributed by atoms with E-state index in [-0.39, 0.29) is 17.8 Å². The molecule has 0 aromatic heterocycles. The minimum Gasteiger partial charge on any atom is -0.454 e. The number of nitrogens with one attached hydrogen (secondary N) is 1. The topological polar surface area (TPSA) is 84.9 Å². The number of rotatable bonds is 2. The molecular formula is C22H20N2O5. The number of amides is 4. The molecule has 0 bridgehead atoms. The van der Waals surface area contributed by atoms with Gasteiger partial charge in [0.05, 0.1) is 5.69 Å². The van der Waals surface area contributed by atoms with Crippen LogP contribution in [0.4, 0.5) is 10.5 Å². The Morgan fingerprint density at radius 3 is 2.34 bits per heavy atom. The van der Waals surface area contributed by atoms with Gasteiger partial charge in [0.1, 0.15) is 5.57 Å². The van der Waals surface area contributed by atoms with Crippen LogP contribution in [0.15, 0.2) is 48.0 Å². The van der Waals surface area contributed by atoms with Crippen molar-refractivity contribution < 1.29 is 23.9 Å². The summed E-state index contributed by atoms with van der Waals surface area (Å²) in [7, 11) is 0. The zero-order valence-electron chi connectivity index (χ0n) is 16.3. The Labute approximate surface area is 167 Å². The Kier molecular flexibility index (Phi) is 4.38. The van der Waals surface area contributed by atoms with Gasteiger partial charge in [-0.2, -0.15) is 0 Å². The van der Waals surface area contributed by atoms with E-state index in [1.165, 1.54) is 12.1 Å². The van der Waals surface area contributed by atoms with Crippen molar-refractivity contribution in [1.29, 1.82) is 0 Å². The minimum absolute atomic E-state index is 0.00766. The summed E-state index contributed by atoms with van der Waals surface area (Å²) < 4.78 is 10.6. The molecule has 0 aliphatic carbocycles. The van der Waals surface area contributed by atoms with E-state index in [1.807, 2.05) is 24.3 Å². The molecule has 0 saturated carbocycles. The molecule has 2 aromatic rings. The fraction of sp³-hybridized carbons (Fsp3) is 0.227. The molecule has 2 aliphatic rings. The molecule has 29 heavy (non-hydrogen) atoms. The number of hydrogen-bond acceptors (Lipinski definition) is 5. The first-order chi connectivity index (χ1) is 13.7. The Balaban J connectivity index is 1.67. The molecule has 1 saturated heterocycles. The average molecular weight is 392 g/mol. The van der Waals surface area contributed by atoms with Gasteiger partial charge in [-0.3, -0.25) is 14.9 Å². The van der Waals surface area contributed by atoms with Crippen molar-refractivity contribution in [2.45, 2.75) is 26.2 Å². The monoisotopic (exact) mass is 392 g/mol. The molecule has 0 atom stereocenters. The van der Waals surface area contributed by atoms with Crippen molar-refractivity contribution >= 4 is 29.6 Å². The number of fused-ring (bicyclic) bond motifs is 1. The lowest BCUT2D eigenvalue weighted by molar-refractivity contribution is -0.122. The molecule has 1 fully saturated rings. The molecule has 4 rings (SSSR count). The summed E-state index contributed by atoms with van der Waals surface area (Å²) in [6, 6.07) is 11.5. The number of benzene rings is 2. The van der Waals surface area contributed by atoms with E-state index in [9.17, 15) is 14.4 Å². The molecule has 148 valence electrons. The number of hydrogen-bond donors (Lipinski definition) is 1. The third-order valence-corrected chi connectivity index (χ3v) is 4.80. The van der Waals surface area contributed by atoms with Crippen LogP contribution in [0.2, 0.25) is 0 Å². The maximum Gasteiger partial charge on any atom is 0.335 e. The summed E-state index contributed by atoms with van der Waals surface area (Å²) in [5.74, 6) is -0.456. The first-order valence-corrected chi connectivity index (χ1v) is 9.16. The quantitative estimate of drug-likeness (QED) is 0.626. The van der Waals surface area contributed by atoms with Crippen molar-refractivity contribution in [3.8, 4) is 11.5 Å². The van der Waals surface area contributed by atoms with Gasteiger partial charge in [0.2, 0.25) is 6.79 Å². The molecule has 7 heteroatoms. The predicted molar refractivity (Wildman–Crippen MR) is 107 cm³/mol. The van der Waals surface area contributed by atoms with E-state index in [1.54, 1.807) is 12.1 Å². The van der Waals surface area contributed by atoms with Crippen molar-refractivity contribution in [1.82, 2.24) is 5.32 Å². The highest BCUT2D eigenvalue weighted by atomic mass is 16.7. The van der Waals surface area contributed by atoms with Crippen LogP contribution in [0.3, 0.4) is 0 Å². The van der Waals surface area contributed by atoms with E-state index in [4.69, 9.17) is 9.47 Å². The van der Waals surface area contributed by atoms with Crippen LogP contribution < -0.4 is 19.7 Å². The molecule has 0 radical (unpaired) electrons. The Morgan fingerprint density at radius 2 is 1.66 bits per heavy atom. The predicted octanol–water partition coefficient (Wildman–Crippen LogP) is 3.38. The molecule has 0 spiro atoms. The SMILES string of the molecule is CC(C)(C)c1ccc(/C=C2\C(=O)NC(=O)N(c3ccc4c(c3)OCO4)C2=O)cc1. The van der Waals surface area contributed by atoms with Crippen molar-refractivity contribution in [2.75, 3.05) is 11.7 Å². The molecule has 2 aromatic carbocycles. The van der Waals surface area contributed by atoms with Gasteiger partial charge in [0.25, 0.3) is 11.8 Å². The number of imide groups is 2. The van der Waals surface area contributed by atoms with Crippen LogP contribution >= 0.6 is 0 Å². The Hall–Kier alpha value is -3.61. The molecule has 7 nitrogen and oxygen atoms in total. The van der Waals surface area contributed by atoms with Crippen LogP contribution in [0, 0.1) is 0 Å². The number of urea groups is 1. The lowest BCUT2D eigenvalue weighted by Gasteiger charge is -2.26. The summed E-state index contributed by atoms with van der Waals surface area (Å²) in [6.07, 6.45) is 1.48. The van der Waals surface area contributed by atoms with E-state index < -0.39 is 17.8 Å². The minimum atomic E-state index is -0.806. The number of ether oxygens (including phenoxy) is 2. The van der Waals surface area contributed by atoms with Crippen LogP contribution in [-0.2, 0) is 15.0 Å². The van der Waals surface area contributed by atoms with E-state index in [2.05, 4.69) is 26.1 Å². The smallest absolute Gasteiger partial charge is 0.335 e. The highest BCUT2D eigenvalue weighted by molar-refractivity contribution is 6.39. The molecular weight excluding hydrogens is 372 g/mol. The van der Waals surface area contributed by atoms with Gasteiger partial charge >= 0.3 is 6.03 Å². The van der Waals surface area contributed by atoms with E-state index >= 15 is 0 Å². The second kappa shape index (κ2) is 6.77. The maximum absolute atomic E-state index is 13.0. The third kappa shape index (κ3) is 3.47. The van der Waals surface area contributed by atoms with Crippen LogP contribution in [0.5, 0.6) is 11.5 Å². The number of carbonyl (C=O) groups is 3. The van der Waals surface area contributed by atoms with Gasteiger partial charge in [-0.05, 0) is 34.8 Å². The second-order valence-electron chi connectivity index (χ2n) is 7.87. The Morgan fingerprint density at radius 1 is 0.966 bits per heavy atom. The molecule has 2 heterocycles. The lowest BCUT2D eigenvalue weighted by atomic mass is 9.86. The van der Waals surface area contributed by atoms with Gasteiger partial charge in [-0.25, -0.2) is 9.69 Å². The lowest BCUT2D eigenvalue weighted by Crippen LogP contribution is -2.54. The average Bonchev–Trinajstić information content (AvgIpc) is 3.12. The number of carbonyl (C=O) groups excluding carboxylic acids is 3. The van der Waals surface area contributed by atoms with Gasteiger partial charge < -0.3 is 9.47 Å². The van der Waals surface area contributed by atoms with Gasteiger partial charge in [-0.15, -0.1) is 0 Å². The van der Waals surface area contributed by atoms with Crippen LogP contribution in [-0.4, -0.2) is 24.6 Å². The fourth-order valence-corrected chi connectivity index (χ4v) is 3.16. The molecule has 4 amide bonds. The van der Waals surface area contributed by atoms with E-state index in [0.29, 0.717) is 22.7 Å². The zero-order valence-corrected chi connectivity index (χ0v) is 16.3. The van der Waals surface area contributed by atoms with E-state index in [0.717, 1.165) is 10.5 Å². The second-order valence-corrected chi connectivity index (χ2v) is 7.87. The first-order valence-electron chi connectivity index (χ1n) is 9.16. The van der Waals surface area contributed by atoms with Gasteiger partial charge in [-0.1, -0.05) is 45.0 Å². The normalized spacial score (nSPS) is 17.7. The summed E-state index contributed by atoms with van der Waals surface area (Å²) in [6.45, 7) is 6.39. The largest absolute Gasteiger partial charge is 0.454 e. The molecule has 2 aliphatic heterocycles. The van der Waals surface area contributed by atoms with Gasteiger partial charge in [0, 0.05) is 6.07 Å². The fourth-order valence-electron chi connectivity index (χ4n) is 3.16. The highest BCUT2D eigenvalue weighted by Crippen LogP contribution is 2.36. The maximum atomic E-state index is 13.0. The summed E-state index contributed by atoms with van der Waals surface area (Å²) in [5.41, 5.74) is 1.99. The number of anilines is 1. The third-order valence-electron chi connectivity index (χ3n) is 4.80. The summed E-state index contributed by atoms with van der Waals surface area (Å²) in [5, 5.41) is 2.22. The molecule has 1 N–H and O–H groups in total. The molecule has 0 unspecified atom stereocenters. The number of nitrogens with zero attached hydrogens (tertiary/aromatic N) is 1. The summed E-state index contributed by atoms with van der Waals surface area (Å²) in [4.78, 5) is 38.6. The van der Waals surface area contributed by atoms with Crippen LogP contribution in [0.1, 0.15) is 31.9 Å². The van der Waals surface area contributed by atoms with Crippen molar-refractivity contribution in [2.24, 2.45) is 0 Å². The standard InChI is InChI=1S/C22H20N2O5/c1-22(2,3)14-6-4-13(5-7-14)10-16-19(25)23-21(27)24(20(16)26)15-8-9-17-18(11-15)29-12-28-17/h4-11H,12H2,1-3H3,(H,23,25,27)/b16-10+. The Bertz CT molecular complexity index is 1050. The van der Waals surface area contributed by atoms with Crippen molar-refractivity contribution in [3.63, 3.8) is 0 Å². The zero-order chi connectivity index (χ0) is 20.8. The van der Waals surface area contributed by atoms with Crippen molar-refractivity contribution in [3.05, 3.63) is 59.2 Å². The highest BCUT2D eigenvalue weighted by Gasteiger charge is 2.37. The number of barbiturate groups is 1. The van der Waals surface area contributed by atoms with Gasteiger partial charge in [0.15, 0.2) is 11.5 Å². The first kappa shape index (κ1) is 18.7. The summed E-state index contributed by atoms with van der Waals surface area (Å²) >= 11 is 0. The van der Waals surface area contributed by atoms with Crippen LogP contribution in [0.25, 0.3) is 6.08 Å².